The van der Waals surface area contributed by atoms with Gasteiger partial charge >= 0.3 is 6.43 Å². The van der Waals surface area contributed by atoms with Crippen LogP contribution in [0.2, 0.25) is 0 Å². The van der Waals surface area contributed by atoms with Crippen molar-refractivity contribution < 1.29 is 8.78 Å². The molecule has 0 aliphatic carbocycles. The molecule has 1 unspecified atom stereocenters. The van der Waals surface area contributed by atoms with Gasteiger partial charge in [-0.15, -0.1) is 10.2 Å². The Labute approximate surface area is 121 Å². The first-order chi connectivity index (χ1) is 10.3. The van der Waals surface area contributed by atoms with Gasteiger partial charge in [0, 0.05) is 0 Å². The number of tetrazole rings is 1. The molecule has 5 nitrogen and oxygen atoms in total. The molecule has 1 aromatic heterocycles. The van der Waals surface area contributed by atoms with Crippen LogP contribution in [0.1, 0.15) is 36.7 Å². The second kappa shape index (κ2) is 6.26. The van der Waals surface area contributed by atoms with Crippen LogP contribution < -0.4 is 5.32 Å². The van der Waals surface area contributed by atoms with Crippen molar-refractivity contribution in [2.24, 2.45) is 5.92 Å². The molecule has 21 heavy (non-hydrogen) atoms. The second-order valence-electron chi connectivity index (χ2n) is 5.21. The molecule has 0 bridgehead atoms. The van der Waals surface area contributed by atoms with Crippen LogP contribution >= 0.6 is 0 Å². The van der Waals surface area contributed by atoms with E-state index < -0.39 is 12.2 Å². The topological polar surface area (TPSA) is 55.6 Å². The number of benzene rings is 1. The molecular formula is C14H17F2N5. The van der Waals surface area contributed by atoms with Gasteiger partial charge in [0.05, 0.1) is 0 Å². The zero-order valence-electron chi connectivity index (χ0n) is 11.5. The molecule has 1 aromatic carbocycles. The van der Waals surface area contributed by atoms with E-state index in [9.17, 15) is 8.78 Å². The standard InChI is InChI=1S/C14H17F2N5/c15-13(16)14-18-20-21(19-14)12(10-4-2-1-3-5-10)11-6-8-17-9-7-11/h1-5,11-13,17H,6-9H2. The maximum atomic E-state index is 12.7. The lowest BCUT2D eigenvalue weighted by Crippen LogP contribution is -2.34. The minimum Gasteiger partial charge on any atom is -0.317 e. The van der Waals surface area contributed by atoms with Crippen molar-refractivity contribution >= 4 is 0 Å². The maximum absolute atomic E-state index is 12.7. The summed E-state index contributed by atoms with van der Waals surface area (Å²) < 4.78 is 25.4. The van der Waals surface area contributed by atoms with Crippen molar-refractivity contribution in [2.45, 2.75) is 25.3 Å². The third-order valence-electron chi connectivity index (χ3n) is 3.86. The third kappa shape index (κ3) is 3.07. The number of rotatable bonds is 4. The second-order valence-corrected chi connectivity index (χ2v) is 5.21. The molecule has 1 N–H and O–H groups in total. The third-order valence-corrected chi connectivity index (χ3v) is 3.86. The molecule has 1 fully saturated rings. The molecular weight excluding hydrogens is 276 g/mol. The van der Waals surface area contributed by atoms with Gasteiger partial charge in [-0.25, -0.2) is 8.78 Å². The van der Waals surface area contributed by atoms with Gasteiger partial charge in [-0.05, 0) is 42.6 Å². The van der Waals surface area contributed by atoms with Crippen molar-refractivity contribution in [2.75, 3.05) is 13.1 Å². The number of aromatic nitrogens is 4. The summed E-state index contributed by atoms with van der Waals surface area (Å²) in [5, 5.41) is 14.5. The molecule has 1 saturated heterocycles. The minimum absolute atomic E-state index is 0.145. The lowest BCUT2D eigenvalue weighted by atomic mass is 9.86. The normalized spacial score (nSPS) is 18.0. The predicted octanol–water partition coefficient (Wildman–Crippen LogP) is 2.20. The summed E-state index contributed by atoms with van der Waals surface area (Å²) in [6, 6.07) is 9.63. The molecule has 1 aliphatic rings. The molecule has 1 aliphatic heterocycles. The van der Waals surface area contributed by atoms with E-state index in [2.05, 4.69) is 20.7 Å². The van der Waals surface area contributed by atoms with Crippen molar-refractivity contribution in [3.63, 3.8) is 0 Å². The SMILES string of the molecule is FC(F)c1nnn(C(c2ccccc2)C2CCNCC2)n1. The van der Waals surface area contributed by atoms with Crippen molar-refractivity contribution in [3.8, 4) is 0 Å². The summed E-state index contributed by atoms with van der Waals surface area (Å²) >= 11 is 0. The van der Waals surface area contributed by atoms with E-state index in [0.29, 0.717) is 5.92 Å². The van der Waals surface area contributed by atoms with E-state index in [1.165, 1.54) is 4.80 Å². The molecule has 2 aromatic rings. The van der Waals surface area contributed by atoms with E-state index >= 15 is 0 Å². The molecule has 1 atom stereocenters. The molecule has 0 amide bonds. The molecule has 0 radical (unpaired) electrons. The summed E-state index contributed by atoms with van der Waals surface area (Å²) in [4.78, 5) is 1.35. The van der Waals surface area contributed by atoms with Crippen molar-refractivity contribution in [3.05, 3.63) is 41.7 Å². The van der Waals surface area contributed by atoms with Crippen LogP contribution in [0.25, 0.3) is 0 Å². The fourth-order valence-electron chi connectivity index (χ4n) is 2.85. The molecule has 0 saturated carbocycles. The highest BCUT2D eigenvalue weighted by Gasteiger charge is 2.29. The van der Waals surface area contributed by atoms with Gasteiger partial charge in [0.25, 0.3) is 0 Å². The summed E-state index contributed by atoms with van der Waals surface area (Å²) in [5.41, 5.74) is 1.03. The predicted molar refractivity (Wildman–Crippen MR) is 72.9 cm³/mol. The summed E-state index contributed by atoms with van der Waals surface area (Å²) in [5.74, 6) is -0.196. The highest BCUT2D eigenvalue weighted by atomic mass is 19.3. The van der Waals surface area contributed by atoms with Gasteiger partial charge in [0.2, 0.25) is 5.82 Å². The van der Waals surface area contributed by atoms with Gasteiger partial charge in [0.15, 0.2) is 0 Å². The van der Waals surface area contributed by atoms with E-state index in [1.54, 1.807) is 0 Å². The monoisotopic (exact) mass is 293 g/mol. The lowest BCUT2D eigenvalue weighted by molar-refractivity contribution is 0.139. The van der Waals surface area contributed by atoms with Crippen LogP contribution in [0.15, 0.2) is 30.3 Å². The molecule has 7 heteroatoms. The number of halogens is 2. The highest BCUT2D eigenvalue weighted by Crippen LogP contribution is 2.31. The first kappa shape index (κ1) is 14.1. The number of hydrogen-bond donors (Lipinski definition) is 1. The fourth-order valence-corrected chi connectivity index (χ4v) is 2.85. The highest BCUT2D eigenvalue weighted by molar-refractivity contribution is 5.20. The Hall–Kier alpha value is -1.89. The molecule has 2 heterocycles. The first-order valence-electron chi connectivity index (χ1n) is 7.09. The maximum Gasteiger partial charge on any atom is 0.301 e. The Morgan fingerprint density at radius 3 is 2.48 bits per heavy atom. The van der Waals surface area contributed by atoms with Crippen molar-refractivity contribution in [1.29, 1.82) is 0 Å². The van der Waals surface area contributed by atoms with Crippen molar-refractivity contribution in [1.82, 2.24) is 25.5 Å². The first-order valence-corrected chi connectivity index (χ1v) is 7.09. The number of hydrogen-bond acceptors (Lipinski definition) is 4. The Balaban J connectivity index is 1.94. The number of alkyl halides is 2. The smallest absolute Gasteiger partial charge is 0.301 e. The van der Waals surface area contributed by atoms with Crippen LogP contribution in [0.5, 0.6) is 0 Å². The molecule has 0 spiro atoms. The van der Waals surface area contributed by atoms with E-state index in [1.807, 2.05) is 30.3 Å². The Morgan fingerprint density at radius 2 is 1.86 bits per heavy atom. The van der Waals surface area contributed by atoms with Gasteiger partial charge < -0.3 is 5.32 Å². The quantitative estimate of drug-likeness (QED) is 0.939. The number of nitrogens with one attached hydrogen (secondary N) is 1. The van der Waals surface area contributed by atoms with Gasteiger partial charge in [-0.2, -0.15) is 4.80 Å². The van der Waals surface area contributed by atoms with E-state index in [-0.39, 0.29) is 6.04 Å². The Bertz CT molecular complexity index is 566. The number of nitrogens with zero attached hydrogens (tertiary/aromatic N) is 4. The number of piperidine rings is 1. The largest absolute Gasteiger partial charge is 0.317 e. The average molecular weight is 293 g/mol. The van der Waals surface area contributed by atoms with Crippen LogP contribution in [0, 0.1) is 5.92 Å². The zero-order valence-corrected chi connectivity index (χ0v) is 11.5. The van der Waals surface area contributed by atoms with E-state index in [4.69, 9.17) is 0 Å². The lowest BCUT2D eigenvalue weighted by Gasteiger charge is -2.30. The van der Waals surface area contributed by atoms with Gasteiger partial charge in [0.1, 0.15) is 6.04 Å². The average Bonchev–Trinajstić information content (AvgIpc) is 3.00. The van der Waals surface area contributed by atoms with E-state index in [0.717, 1.165) is 31.5 Å². The van der Waals surface area contributed by atoms with Crippen LogP contribution in [-0.4, -0.2) is 33.3 Å². The van der Waals surface area contributed by atoms with Crippen LogP contribution in [0.3, 0.4) is 0 Å². The molecule has 112 valence electrons. The fraction of sp³-hybridized carbons (Fsp3) is 0.500. The minimum atomic E-state index is -2.69. The summed E-state index contributed by atoms with van der Waals surface area (Å²) in [6.45, 7) is 1.84. The van der Waals surface area contributed by atoms with Crippen LogP contribution in [0.4, 0.5) is 8.78 Å². The Kier molecular flexibility index (Phi) is 4.19. The van der Waals surface area contributed by atoms with Gasteiger partial charge in [-0.3, -0.25) is 0 Å². The summed E-state index contributed by atoms with van der Waals surface area (Å²) in [6.07, 6.45) is -0.765. The zero-order chi connectivity index (χ0) is 14.7. The Morgan fingerprint density at radius 1 is 1.14 bits per heavy atom. The summed E-state index contributed by atoms with van der Waals surface area (Å²) in [7, 11) is 0. The van der Waals surface area contributed by atoms with Crippen LogP contribution in [-0.2, 0) is 0 Å². The molecule has 3 rings (SSSR count). The van der Waals surface area contributed by atoms with Gasteiger partial charge in [-0.1, -0.05) is 30.3 Å².